The summed E-state index contributed by atoms with van der Waals surface area (Å²) in [5.74, 6) is -1.33. The molecule has 0 atom stereocenters. The molecule has 0 aliphatic heterocycles. The fourth-order valence-corrected chi connectivity index (χ4v) is 1.80. The smallest absolute Gasteiger partial charge is 0.352 e. The second-order valence-corrected chi connectivity index (χ2v) is 3.97. The zero-order chi connectivity index (χ0) is 13.3. The molecule has 1 aromatic carbocycles. The van der Waals surface area contributed by atoms with Crippen molar-refractivity contribution in [2.45, 2.75) is 0 Å². The van der Waals surface area contributed by atoms with Crippen LogP contribution in [0.3, 0.4) is 0 Å². The number of ether oxygens (including phenoxy) is 1. The molecule has 1 heterocycles. The zero-order valence-electron chi connectivity index (χ0n) is 9.35. The van der Waals surface area contributed by atoms with Crippen molar-refractivity contribution in [1.29, 1.82) is 0 Å². The van der Waals surface area contributed by atoms with Gasteiger partial charge < -0.3 is 14.4 Å². The molecule has 94 valence electrons. The lowest BCUT2D eigenvalue weighted by Crippen LogP contribution is -2.07. The van der Waals surface area contributed by atoms with Gasteiger partial charge in [0.05, 0.1) is 17.8 Å². The van der Waals surface area contributed by atoms with Crippen LogP contribution in [-0.2, 0) is 0 Å². The molecule has 2 rings (SSSR count). The SMILES string of the molecule is COc1ccc(F)c(-n2cc(Cl)cc2C(=O)O)c1. The fraction of sp³-hybridized carbons (Fsp3) is 0.0833. The summed E-state index contributed by atoms with van der Waals surface area (Å²) in [6, 6.07) is 5.30. The van der Waals surface area contributed by atoms with Crippen LogP contribution in [0.25, 0.3) is 5.69 Å². The van der Waals surface area contributed by atoms with E-state index >= 15 is 0 Å². The standard InChI is InChI=1S/C12H9ClFNO3/c1-18-8-2-3-9(14)10(5-8)15-6-7(13)4-11(15)12(16)17/h2-6H,1H3,(H,16,17). The number of benzene rings is 1. The second kappa shape index (κ2) is 4.70. The van der Waals surface area contributed by atoms with E-state index in [2.05, 4.69) is 0 Å². The Bertz CT molecular complexity index is 609. The maximum Gasteiger partial charge on any atom is 0.352 e. The van der Waals surface area contributed by atoms with E-state index < -0.39 is 11.8 Å². The van der Waals surface area contributed by atoms with Gasteiger partial charge in [-0.3, -0.25) is 0 Å². The second-order valence-electron chi connectivity index (χ2n) is 3.54. The third-order valence-corrected chi connectivity index (χ3v) is 2.63. The van der Waals surface area contributed by atoms with Crippen LogP contribution in [0.4, 0.5) is 4.39 Å². The summed E-state index contributed by atoms with van der Waals surface area (Å²) >= 11 is 5.75. The van der Waals surface area contributed by atoms with Gasteiger partial charge in [0.25, 0.3) is 0 Å². The molecule has 18 heavy (non-hydrogen) atoms. The minimum Gasteiger partial charge on any atom is -0.497 e. The van der Waals surface area contributed by atoms with Crippen molar-refractivity contribution in [1.82, 2.24) is 4.57 Å². The molecule has 0 fully saturated rings. The summed E-state index contributed by atoms with van der Waals surface area (Å²) in [5, 5.41) is 9.24. The van der Waals surface area contributed by atoms with Gasteiger partial charge >= 0.3 is 5.97 Å². The quantitative estimate of drug-likeness (QED) is 0.932. The summed E-state index contributed by atoms with van der Waals surface area (Å²) in [5.41, 5.74) is -0.0502. The first-order valence-electron chi connectivity index (χ1n) is 4.98. The van der Waals surface area contributed by atoms with Crippen molar-refractivity contribution >= 4 is 17.6 Å². The molecule has 0 radical (unpaired) electrons. The van der Waals surface area contributed by atoms with Gasteiger partial charge in [-0.05, 0) is 18.2 Å². The molecule has 1 N–H and O–H groups in total. The predicted octanol–water partition coefficient (Wildman–Crippen LogP) is 2.98. The molecular weight excluding hydrogens is 261 g/mol. The van der Waals surface area contributed by atoms with Crippen molar-refractivity contribution in [3.05, 3.63) is 47.0 Å². The summed E-state index contributed by atoms with van der Waals surface area (Å²) in [4.78, 5) is 11.0. The molecule has 6 heteroatoms. The Morgan fingerprint density at radius 2 is 2.17 bits per heavy atom. The lowest BCUT2D eigenvalue weighted by molar-refractivity contribution is 0.0688. The molecule has 0 bridgehead atoms. The number of hydrogen-bond donors (Lipinski definition) is 1. The molecule has 0 aliphatic rings. The summed E-state index contributed by atoms with van der Waals surface area (Å²) < 4.78 is 19.9. The fourth-order valence-electron chi connectivity index (χ4n) is 1.60. The third kappa shape index (κ3) is 2.17. The van der Waals surface area contributed by atoms with E-state index in [9.17, 15) is 9.18 Å². The van der Waals surface area contributed by atoms with Crippen LogP contribution in [0, 0.1) is 5.82 Å². The molecule has 0 unspecified atom stereocenters. The van der Waals surface area contributed by atoms with E-state index in [1.807, 2.05) is 0 Å². The van der Waals surface area contributed by atoms with Gasteiger partial charge in [0, 0.05) is 12.3 Å². The number of aromatic nitrogens is 1. The highest BCUT2D eigenvalue weighted by molar-refractivity contribution is 6.31. The average Bonchev–Trinajstić information content (AvgIpc) is 2.72. The van der Waals surface area contributed by atoms with Crippen LogP contribution in [-0.4, -0.2) is 22.8 Å². The average molecular weight is 270 g/mol. The molecular formula is C12H9ClFNO3. The molecule has 0 saturated heterocycles. The van der Waals surface area contributed by atoms with Crippen LogP contribution < -0.4 is 4.74 Å². The first-order chi connectivity index (χ1) is 8.52. The van der Waals surface area contributed by atoms with E-state index in [1.54, 1.807) is 0 Å². The van der Waals surface area contributed by atoms with Crippen molar-refractivity contribution in [2.24, 2.45) is 0 Å². The van der Waals surface area contributed by atoms with Gasteiger partial charge in [0.2, 0.25) is 0 Å². The highest BCUT2D eigenvalue weighted by atomic mass is 35.5. The Hall–Kier alpha value is -2.01. The van der Waals surface area contributed by atoms with Gasteiger partial charge in [-0.15, -0.1) is 0 Å². The van der Waals surface area contributed by atoms with Crippen molar-refractivity contribution in [2.75, 3.05) is 7.11 Å². The molecule has 0 aliphatic carbocycles. The van der Waals surface area contributed by atoms with Gasteiger partial charge in [0.15, 0.2) is 0 Å². The molecule has 0 spiro atoms. The van der Waals surface area contributed by atoms with Crippen LogP contribution in [0.2, 0.25) is 5.02 Å². The minimum atomic E-state index is -1.19. The van der Waals surface area contributed by atoms with E-state index in [0.29, 0.717) is 5.75 Å². The maximum atomic E-state index is 13.7. The minimum absolute atomic E-state index is 0.0682. The number of methoxy groups -OCH3 is 1. The number of nitrogens with zero attached hydrogens (tertiary/aromatic N) is 1. The molecule has 0 saturated carbocycles. The lowest BCUT2D eigenvalue weighted by Gasteiger charge is -2.09. The molecule has 0 amide bonds. The van der Waals surface area contributed by atoms with Gasteiger partial charge in [-0.2, -0.15) is 0 Å². The van der Waals surface area contributed by atoms with Crippen LogP contribution in [0.1, 0.15) is 10.5 Å². The monoisotopic (exact) mass is 269 g/mol. The molecule has 1 aromatic heterocycles. The van der Waals surface area contributed by atoms with Crippen LogP contribution >= 0.6 is 11.6 Å². The number of carboxylic acid groups (broad SMARTS) is 1. The van der Waals surface area contributed by atoms with Crippen molar-refractivity contribution < 1.29 is 19.0 Å². The maximum absolute atomic E-state index is 13.7. The number of hydrogen-bond acceptors (Lipinski definition) is 2. The topological polar surface area (TPSA) is 51.5 Å². The van der Waals surface area contributed by atoms with Crippen molar-refractivity contribution in [3.63, 3.8) is 0 Å². The normalized spacial score (nSPS) is 10.4. The number of halogens is 2. The van der Waals surface area contributed by atoms with E-state index in [-0.39, 0.29) is 16.4 Å². The summed E-state index contributed by atoms with van der Waals surface area (Å²) in [7, 11) is 1.44. The number of rotatable bonds is 3. The molecule has 2 aromatic rings. The zero-order valence-corrected chi connectivity index (χ0v) is 10.1. The Balaban J connectivity index is 2.64. The lowest BCUT2D eigenvalue weighted by atomic mass is 10.2. The van der Waals surface area contributed by atoms with Crippen LogP contribution in [0.5, 0.6) is 5.75 Å². The third-order valence-electron chi connectivity index (χ3n) is 2.42. The van der Waals surface area contributed by atoms with Gasteiger partial charge in [-0.25, -0.2) is 9.18 Å². The predicted molar refractivity (Wildman–Crippen MR) is 64.2 cm³/mol. The van der Waals surface area contributed by atoms with Gasteiger partial charge in [-0.1, -0.05) is 11.6 Å². The Morgan fingerprint density at radius 3 is 2.78 bits per heavy atom. The first-order valence-corrected chi connectivity index (χ1v) is 5.36. The highest BCUT2D eigenvalue weighted by Gasteiger charge is 2.16. The van der Waals surface area contributed by atoms with E-state index in [0.717, 1.165) is 0 Å². The number of carboxylic acids is 1. The largest absolute Gasteiger partial charge is 0.497 e. The first kappa shape index (κ1) is 12.4. The Kier molecular flexibility index (Phi) is 3.25. The number of aromatic carboxylic acids is 1. The summed E-state index contributed by atoms with van der Waals surface area (Å²) in [6.45, 7) is 0. The van der Waals surface area contributed by atoms with Gasteiger partial charge in [0.1, 0.15) is 17.3 Å². The van der Waals surface area contributed by atoms with Crippen LogP contribution in [0.15, 0.2) is 30.5 Å². The molecule has 4 nitrogen and oxygen atoms in total. The van der Waals surface area contributed by atoms with E-state index in [1.165, 1.54) is 42.1 Å². The Morgan fingerprint density at radius 1 is 1.44 bits per heavy atom. The number of carbonyl (C=O) groups is 1. The Labute approximate surface area is 107 Å². The summed E-state index contributed by atoms with van der Waals surface area (Å²) in [6.07, 6.45) is 1.34. The van der Waals surface area contributed by atoms with Crippen molar-refractivity contribution in [3.8, 4) is 11.4 Å². The highest BCUT2D eigenvalue weighted by Crippen LogP contribution is 2.25. The van der Waals surface area contributed by atoms with E-state index in [4.69, 9.17) is 21.4 Å².